The molecule has 1 unspecified atom stereocenters. The van der Waals surface area contributed by atoms with Crippen LogP contribution in [0.4, 0.5) is 0 Å². The van der Waals surface area contributed by atoms with Crippen molar-refractivity contribution in [2.24, 2.45) is 0 Å². The van der Waals surface area contributed by atoms with Gasteiger partial charge in [0.25, 0.3) is 0 Å². The zero-order valence-electron chi connectivity index (χ0n) is 23.7. The van der Waals surface area contributed by atoms with Crippen LogP contribution in [0.5, 0.6) is 0 Å². The third-order valence-electron chi connectivity index (χ3n) is 8.76. The molecule has 3 heterocycles. The number of aromatic nitrogens is 2. The summed E-state index contributed by atoms with van der Waals surface area (Å²) in [5, 5.41) is 2.68. The Hall–Kier alpha value is -3.25. The summed E-state index contributed by atoms with van der Waals surface area (Å²) in [7, 11) is 4.46. The number of H-pyrrole nitrogens is 2. The van der Waals surface area contributed by atoms with Gasteiger partial charge >= 0.3 is 0 Å². The summed E-state index contributed by atoms with van der Waals surface area (Å²) in [5.74, 6) is 2.46. The SMILES string of the molecule is CN(C)C1(c2ccccc2)CC=C(c2[nH]c3ccccc3c2CCN2CCSC2)CC1.c1ccc2[nH]ccc2c1. The lowest BCUT2D eigenvalue weighted by atomic mass is 9.75. The Balaban J connectivity index is 0.000000271. The van der Waals surface area contributed by atoms with Crippen LogP contribution in [-0.4, -0.2) is 58.6 Å². The molecule has 206 valence electrons. The highest BCUT2D eigenvalue weighted by Gasteiger charge is 2.36. The van der Waals surface area contributed by atoms with Crippen molar-refractivity contribution in [2.45, 2.75) is 31.2 Å². The van der Waals surface area contributed by atoms with Crippen molar-refractivity contribution >= 4 is 39.1 Å². The molecule has 1 atom stereocenters. The largest absolute Gasteiger partial charge is 0.361 e. The highest BCUT2D eigenvalue weighted by atomic mass is 32.2. The van der Waals surface area contributed by atoms with Crippen LogP contribution in [0.3, 0.4) is 0 Å². The summed E-state index contributed by atoms with van der Waals surface area (Å²) in [4.78, 5) is 11.9. The predicted octanol–water partition coefficient (Wildman–Crippen LogP) is 7.91. The second kappa shape index (κ2) is 12.1. The van der Waals surface area contributed by atoms with E-state index >= 15 is 0 Å². The van der Waals surface area contributed by atoms with Gasteiger partial charge in [-0.2, -0.15) is 0 Å². The van der Waals surface area contributed by atoms with E-state index in [0.29, 0.717) is 0 Å². The van der Waals surface area contributed by atoms with Gasteiger partial charge in [-0.15, -0.1) is 11.8 Å². The molecule has 1 saturated heterocycles. The van der Waals surface area contributed by atoms with Crippen LogP contribution in [0, 0.1) is 0 Å². The first-order valence-corrected chi connectivity index (χ1v) is 15.6. The molecule has 2 aliphatic rings. The average molecular weight is 549 g/mol. The molecule has 0 bridgehead atoms. The van der Waals surface area contributed by atoms with Gasteiger partial charge in [-0.1, -0.05) is 72.8 Å². The van der Waals surface area contributed by atoms with E-state index in [9.17, 15) is 0 Å². The zero-order chi connectivity index (χ0) is 27.4. The minimum absolute atomic E-state index is 0.0870. The fourth-order valence-corrected chi connectivity index (χ4v) is 7.40. The molecule has 1 aliphatic carbocycles. The first kappa shape index (κ1) is 26.9. The Morgan fingerprint density at radius 3 is 2.40 bits per heavy atom. The molecule has 7 rings (SSSR count). The summed E-state index contributed by atoms with van der Waals surface area (Å²) in [6, 6.07) is 30.2. The highest BCUT2D eigenvalue weighted by Crippen LogP contribution is 2.43. The number of benzene rings is 3. The van der Waals surface area contributed by atoms with E-state index in [-0.39, 0.29) is 5.54 Å². The number of rotatable bonds is 6. The molecule has 1 aliphatic heterocycles. The van der Waals surface area contributed by atoms with E-state index in [2.05, 4.69) is 124 Å². The van der Waals surface area contributed by atoms with Crippen LogP contribution in [0.2, 0.25) is 0 Å². The van der Waals surface area contributed by atoms with Gasteiger partial charge in [-0.25, -0.2) is 0 Å². The van der Waals surface area contributed by atoms with Crippen molar-refractivity contribution in [2.75, 3.05) is 38.8 Å². The highest BCUT2D eigenvalue weighted by molar-refractivity contribution is 7.99. The molecule has 2 N–H and O–H groups in total. The molecular formula is C35H40N4S. The lowest BCUT2D eigenvalue weighted by Gasteiger charge is -2.43. The lowest BCUT2D eigenvalue weighted by Crippen LogP contribution is -2.42. The van der Waals surface area contributed by atoms with Crippen LogP contribution in [0.1, 0.15) is 36.1 Å². The first-order chi connectivity index (χ1) is 19.6. The summed E-state index contributed by atoms with van der Waals surface area (Å²) in [6.07, 6.45) is 8.88. The van der Waals surface area contributed by atoms with E-state index in [1.54, 1.807) is 0 Å². The lowest BCUT2D eigenvalue weighted by molar-refractivity contribution is 0.138. The Labute approximate surface area is 242 Å². The van der Waals surface area contributed by atoms with Gasteiger partial charge in [0, 0.05) is 58.6 Å². The van der Waals surface area contributed by atoms with Crippen molar-refractivity contribution in [3.8, 4) is 0 Å². The molecule has 4 nitrogen and oxygen atoms in total. The van der Waals surface area contributed by atoms with Crippen molar-refractivity contribution in [1.29, 1.82) is 0 Å². The van der Waals surface area contributed by atoms with E-state index in [0.717, 1.165) is 32.2 Å². The molecule has 5 aromatic rings. The Morgan fingerprint density at radius 2 is 1.68 bits per heavy atom. The minimum Gasteiger partial charge on any atom is -0.361 e. The summed E-state index contributed by atoms with van der Waals surface area (Å²) in [6.45, 7) is 2.38. The normalized spacial score (nSPS) is 19.6. The molecule has 5 heteroatoms. The topological polar surface area (TPSA) is 38.1 Å². The van der Waals surface area contributed by atoms with Crippen LogP contribution < -0.4 is 0 Å². The van der Waals surface area contributed by atoms with Gasteiger partial charge in [-0.3, -0.25) is 9.80 Å². The molecule has 40 heavy (non-hydrogen) atoms. The van der Waals surface area contributed by atoms with Gasteiger partial charge < -0.3 is 9.97 Å². The van der Waals surface area contributed by atoms with Crippen molar-refractivity contribution in [1.82, 2.24) is 19.8 Å². The summed E-state index contributed by atoms with van der Waals surface area (Å²) in [5.41, 5.74) is 8.39. The predicted molar refractivity (Wildman–Crippen MR) is 173 cm³/mol. The molecule has 0 saturated carbocycles. The number of fused-ring (bicyclic) bond motifs is 2. The molecule has 1 fully saturated rings. The molecule has 0 radical (unpaired) electrons. The van der Waals surface area contributed by atoms with Crippen LogP contribution >= 0.6 is 11.8 Å². The number of thioether (sulfide) groups is 1. The van der Waals surface area contributed by atoms with Gasteiger partial charge in [0.2, 0.25) is 0 Å². The number of allylic oxidation sites excluding steroid dienone is 1. The molecule has 0 amide bonds. The van der Waals surface area contributed by atoms with Gasteiger partial charge in [-0.05, 0) is 80.1 Å². The number of nitrogens with zero attached hydrogens (tertiary/aromatic N) is 2. The number of hydrogen-bond acceptors (Lipinski definition) is 3. The van der Waals surface area contributed by atoms with Crippen LogP contribution in [0.15, 0.2) is 97.2 Å². The van der Waals surface area contributed by atoms with Crippen molar-refractivity contribution in [3.63, 3.8) is 0 Å². The van der Waals surface area contributed by atoms with Gasteiger partial charge in [0.1, 0.15) is 0 Å². The monoisotopic (exact) mass is 548 g/mol. The fourth-order valence-electron chi connectivity index (χ4n) is 6.37. The quantitative estimate of drug-likeness (QED) is 0.226. The molecule has 2 aromatic heterocycles. The maximum absolute atomic E-state index is 3.80. The van der Waals surface area contributed by atoms with E-state index in [4.69, 9.17) is 0 Å². The Kier molecular flexibility index (Phi) is 8.15. The molecular weight excluding hydrogens is 508 g/mol. The Bertz CT molecular complexity index is 1540. The number of hydrogen-bond donors (Lipinski definition) is 2. The summed E-state index contributed by atoms with van der Waals surface area (Å²) < 4.78 is 0. The maximum atomic E-state index is 3.80. The standard InChI is InChI=1S/C27H33N3S.C8H7N/c1-29(2)27(22-8-4-3-5-9-22)15-12-21(13-16-27)26-24(14-17-30-18-19-31-20-30)23-10-6-7-11-25(23)28-26;1-2-4-8-7(3-1)5-6-9-8/h3-12,28H,13-20H2,1-2H3;1-6,9H. The van der Waals surface area contributed by atoms with Gasteiger partial charge in [0.05, 0.1) is 0 Å². The van der Waals surface area contributed by atoms with Crippen LogP contribution in [-0.2, 0) is 12.0 Å². The number of aromatic amines is 2. The third kappa shape index (κ3) is 5.51. The smallest absolute Gasteiger partial charge is 0.0492 e. The molecule has 0 spiro atoms. The van der Waals surface area contributed by atoms with Crippen molar-refractivity contribution < 1.29 is 0 Å². The Morgan fingerprint density at radius 1 is 0.900 bits per heavy atom. The average Bonchev–Trinajstić information content (AvgIpc) is 3.77. The summed E-state index contributed by atoms with van der Waals surface area (Å²) >= 11 is 2.06. The third-order valence-corrected chi connectivity index (χ3v) is 9.78. The zero-order valence-corrected chi connectivity index (χ0v) is 24.5. The van der Waals surface area contributed by atoms with E-state index in [1.165, 1.54) is 62.4 Å². The number of nitrogens with one attached hydrogen (secondary N) is 2. The minimum atomic E-state index is 0.0870. The van der Waals surface area contributed by atoms with Gasteiger partial charge in [0.15, 0.2) is 0 Å². The second-order valence-corrected chi connectivity index (χ2v) is 12.3. The van der Waals surface area contributed by atoms with E-state index < -0.39 is 0 Å². The second-order valence-electron chi connectivity index (χ2n) is 11.2. The molecule has 3 aromatic carbocycles. The number of para-hydroxylation sites is 2. The van der Waals surface area contributed by atoms with Crippen LogP contribution in [0.25, 0.3) is 27.4 Å². The fraction of sp³-hybridized carbons (Fsp3) is 0.314. The maximum Gasteiger partial charge on any atom is 0.0492 e. The first-order valence-electron chi connectivity index (χ1n) is 14.5. The van der Waals surface area contributed by atoms with Crippen molar-refractivity contribution in [3.05, 3.63) is 114 Å². The van der Waals surface area contributed by atoms with E-state index in [1.807, 2.05) is 18.3 Å².